The van der Waals surface area contributed by atoms with E-state index in [4.69, 9.17) is 5.11 Å². The van der Waals surface area contributed by atoms with E-state index in [0.29, 0.717) is 40.3 Å². The van der Waals surface area contributed by atoms with Gasteiger partial charge >= 0.3 is 5.97 Å². The van der Waals surface area contributed by atoms with E-state index in [2.05, 4.69) is 10.3 Å². The van der Waals surface area contributed by atoms with Crippen LogP contribution in [0.5, 0.6) is 0 Å². The smallest absolute Gasteiger partial charge is 0.317 e. The average molecular weight is 426 g/mol. The normalized spacial score (nSPS) is 12.8. The number of fused-ring (bicyclic) bond motifs is 4. The van der Waals surface area contributed by atoms with Crippen LogP contribution in [0, 0.1) is 13.8 Å². The monoisotopic (exact) mass is 426 g/mol. The van der Waals surface area contributed by atoms with Gasteiger partial charge in [-0.3, -0.25) is 14.4 Å². The molecule has 0 saturated heterocycles. The number of carbonyl (C=O) groups is 2. The Bertz CT molecular complexity index is 1510. The number of benzene rings is 3. The highest BCUT2D eigenvalue weighted by molar-refractivity contribution is 6.14. The SMILES string of the molecule is Cc1ccc2c(c1)C(=O)c1cc3[nH]c4cc(CNCC(=O)O)c(C)cc4c(=O)c3cc1C2. The summed E-state index contributed by atoms with van der Waals surface area (Å²) in [6, 6.07) is 13.3. The number of hydrogen-bond acceptors (Lipinski definition) is 4. The van der Waals surface area contributed by atoms with E-state index >= 15 is 0 Å². The fourth-order valence-corrected chi connectivity index (χ4v) is 4.53. The minimum absolute atomic E-state index is 0.0183. The van der Waals surface area contributed by atoms with E-state index in [1.165, 1.54) is 0 Å². The minimum Gasteiger partial charge on any atom is -0.480 e. The van der Waals surface area contributed by atoms with Crippen LogP contribution in [0.15, 0.2) is 47.3 Å². The van der Waals surface area contributed by atoms with Gasteiger partial charge in [-0.15, -0.1) is 0 Å². The van der Waals surface area contributed by atoms with Gasteiger partial charge in [0.15, 0.2) is 11.2 Å². The number of aryl methyl sites for hydroxylation is 2. The Morgan fingerprint density at radius 3 is 2.47 bits per heavy atom. The van der Waals surface area contributed by atoms with Crippen LogP contribution < -0.4 is 10.7 Å². The quantitative estimate of drug-likeness (QED) is 0.381. The summed E-state index contributed by atoms with van der Waals surface area (Å²) >= 11 is 0. The summed E-state index contributed by atoms with van der Waals surface area (Å²) in [5.74, 6) is -0.940. The second kappa shape index (κ2) is 7.43. The third kappa shape index (κ3) is 3.29. The molecule has 0 saturated carbocycles. The van der Waals surface area contributed by atoms with Crippen molar-refractivity contribution in [3.05, 3.63) is 91.6 Å². The maximum Gasteiger partial charge on any atom is 0.317 e. The van der Waals surface area contributed by atoms with Crippen molar-refractivity contribution in [2.24, 2.45) is 0 Å². The number of aliphatic carboxylic acids is 1. The van der Waals surface area contributed by atoms with Crippen LogP contribution in [0.3, 0.4) is 0 Å². The molecule has 0 unspecified atom stereocenters. The second-order valence-corrected chi connectivity index (χ2v) is 8.50. The molecule has 0 atom stereocenters. The molecule has 0 fully saturated rings. The fourth-order valence-electron chi connectivity index (χ4n) is 4.53. The Kier molecular flexibility index (Phi) is 4.68. The molecule has 0 amide bonds. The number of carboxylic acid groups (broad SMARTS) is 1. The number of ketones is 1. The number of H-pyrrole nitrogens is 1. The summed E-state index contributed by atoms with van der Waals surface area (Å²) in [7, 11) is 0. The van der Waals surface area contributed by atoms with Crippen molar-refractivity contribution in [1.82, 2.24) is 10.3 Å². The molecule has 1 aliphatic rings. The molecular formula is C26H22N2O4. The van der Waals surface area contributed by atoms with Crippen LogP contribution in [-0.4, -0.2) is 28.4 Å². The number of carboxylic acids is 1. The molecule has 6 heteroatoms. The molecule has 0 bridgehead atoms. The summed E-state index contributed by atoms with van der Waals surface area (Å²) in [4.78, 5) is 40.6. The van der Waals surface area contributed by atoms with Gasteiger partial charge in [0.1, 0.15) is 0 Å². The predicted molar refractivity (Wildman–Crippen MR) is 124 cm³/mol. The summed E-state index contributed by atoms with van der Waals surface area (Å²) in [5, 5.41) is 12.9. The fraction of sp³-hybridized carbons (Fsp3) is 0.192. The van der Waals surface area contributed by atoms with Crippen LogP contribution in [0.25, 0.3) is 21.8 Å². The zero-order valence-corrected chi connectivity index (χ0v) is 17.8. The lowest BCUT2D eigenvalue weighted by Crippen LogP contribution is -2.22. The zero-order chi connectivity index (χ0) is 22.6. The van der Waals surface area contributed by atoms with Crippen molar-refractivity contribution in [1.29, 1.82) is 0 Å². The van der Waals surface area contributed by atoms with Gasteiger partial charge in [-0.05, 0) is 72.9 Å². The number of rotatable bonds is 4. The van der Waals surface area contributed by atoms with E-state index in [0.717, 1.165) is 33.4 Å². The Hall–Kier alpha value is -3.77. The van der Waals surface area contributed by atoms with Crippen molar-refractivity contribution >= 4 is 33.6 Å². The molecule has 160 valence electrons. The van der Waals surface area contributed by atoms with Crippen molar-refractivity contribution < 1.29 is 14.7 Å². The second-order valence-electron chi connectivity index (χ2n) is 8.50. The van der Waals surface area contributed by atoms with E-state index in [9.17, 15) is 14.4 Å². The molecule has 6 nitrogen and oxygen atoms in total. The molecule has 1 heterocycles. The average Bonchev–Trinajstić information content (AvgIpc) is 2.75. The van der Waals surface area contributed by atoms with Crippen molar-refractivity contribution in [3.8, 4) is 0 Å². The first-order valence-electron chi connectivity index (χ1n) is 10.5. The van der Waals surface area contributed by atoms with Gasteiger partial charge in [0.25, 0.3) is 0 Å². The first-order chi connectivity index (χ1) is 15.3. The molecule has 0 radical (unpaired) electrons. The highest BCUT2D eigenvalue weighted by Crippen LogP contribution is 2.31. The standard InChI is InChI=1S/C26H22N2O4/c1-13-3-4-15-7-16-8-21-23(10-19(16)25(31)18(15)5-13)28-22-9-17(11-27-12-24(29)30)14(2)6-20(22)26(21)32/h3-6,8-10,27H,7,11-12H2,1-2H3,(H,28,32)(H,29,30). The zero-order valence-electron chi connectivity index (χ0n) is 17.8. The largest absolute Gasteiger partial charge is 0.480 e. The number of aromatic amines is 1. The lowest BCUT2D eigenvalue weighted by Gasteiger charge is -2.20. The van der Waals surface area contributed by atoms with E-state index < -0.39 is 5.97 Å². The Morgan fingerprint density at radius 1 is 0.969 bits per heavy atom. The number of pyridine rings is 1. The van der Waals surface area contributed by atoms with Gasteiger partial charge in [-0.25, -0.2) is 0 Å². The summed E-state index contributed by atoms with van der Waals surface area (Å²) < 4.78 is 0. The molecular weight excluding hydrogens is 404 g/mol. The molecule has 4 aromatic rings. The molecule has 1 aliphatic carbocycles. The lowest BCUT2D eigenvalue weighted by molar-refractivity contribution is -0.136. The molecule has 0 spiro atoms. The van der Waals surface area contributed by atoms with Crippen LogP contribution in [0.1, 0.15) is 43.7 Å². The third-order valence-electron chi connectivity index (χ3n) is 6.21. The summed E-state index contributed by atoms with van der Waals surface area (Å²) in [6.45, 7) is 4.12. The van der Waals surface area contributed by atoms with Gasteiger partial charge in [0.2, 0.25) is 0 Å². The maximum absolute atomic E-state index is 13.3. The minimum atomic E-state index is -0.922. The molecule has 5 rings (SSSR count). The molecule has 3 aromatic carbocycles. The first-order valence-corrected chi connectivity index (χ1v) is 10.5. The maximum atomic E-state index is 13.3. The predicted octanol–water partition coefficient (Wildman–Crippen LogP) is 3.61. The number of hydrogen-bond donors (Lipinski definition) is 3. The summed E-state index contributed by atoms with van der Waals surface area (Å²) in [6.07, 6.45) is 0.622. The van der Waals surface area contributed by atoms with Crippen molar-refractivity contribution in [3.63, 3.8) is 0 Å². The lowest BCUT2D eigenvalue weighted by atomic mass is 9.83. The van der Waals surface area contributed by atoms with Crippen molar-refractivity contribution in [2.45, 2.75) is 26.8 Å². The van der Waals surface area contributed by atoms with Gasteiger partial charge < -0.3 is 15.4 Å². The Balaban J connectivity index is 1.65. The Morgan fingerprint density at radius 2 is 1.69 bits per heavy atom. The van der Waals surface area contributed by atoms with Gasteiger partial charge in [0.05, 0.1) is 17.6 Å². The highest BCUT2D eigenvalue weighted by atomic mass is 16.4. The molecule has 0 aliphatic heterocycles. The van der Waals surface area contributed by atoms with Gasteiger partial charge in [0, 0.05) is 28.4 Å². The van der Waals surface area contributed by atoms with E-state index in [1.807, 2.05) is 50.2 Å². The van der Waals surface area contributed by atoms with Crippen molar-refractivity contribution in [2.75, 3.05) is 6.54 Å². The molecule has 32 heavy (non-hydrogen) atoms. The topological polar surface area (TPSA) is 99.3 Å². The van der Waals surface area contributed by atoms with Crippen LogP contribution in [0.2, 0.25) is 0 Å². The summed E-state index contributed by atoms with van der Waals surface area (Å²) in [5.41, 5.74) is 7.29. The number of nitrogens with one attached hydrogen (secondary N) is 2. The Labute approximate surface area is 183 Å². The van der Waals surface area contributed by atoms with Gasteiger partial charge in [-0.2, -0.15) is 0 Å². The van der Waals surface area contributed by atoms with E-state index in [-0.39, 0.29) is 17.8 Å². The third-order valence-corrected chi connectivity index (χ3v) is 6.21. The van der Waals surface area contributed by atoms with Gasteiger partial charge in [-0.1, -0.05) is 17.7 Å². The number of carbonyl (C=O) groups excluding carboxylic acids is 1. The molecule has 1 aromatic heterocycles. The molecule has 3 N–H and O–H groups in total. The van der Waals surface area contributed by atoms with Crippen LogP contribution >= 0.6 is 0 Å². The highest BCUT2D eigenvalue weighted by Gasteiger charge is 2.24. The van der Waals surface area contributed by atoms with Crippen LogP contribution in [-0.2, 0) is 17.8 Å². The van der Waals surface area contributed by atoms with Crippen LogP contribution in [0.4, 0.5) is 0 Å². The first kappa shape index (κ1) is 20.2. The van der Waals surface area contributed by atoms with E-state index in [1.54, 1.807) is 6.07 Å². The number of aromatic nitrogens is 1.